The molecule has 6 amide bonds. The van der Waals surface area contributed by atoms with Crippen LogP contribution in [0.3, 0.4) is 0 Å². The lowest BCUT2D eigenvalue weighted by molar-refractivity contribution is -0.138. The zero-order chi connectivity index (χ0) is 57.8. The number of nitrogens with one attached hydrogen (secondary N) is 2. The number of hydrogen-bond acceptors (Lipinski definition) is 12. The van der Waals surface area contributed by atoms with E-state index in [4.69, 9.17) is 14.2 Å². The first-order chi connectivity index (χ1) is 39.6. The molecular formula is C65H74N6O10S. The van der Waals surface area contributed by atoms with Gasteiger partial charge in [-0.2, -0.15) is 11.8 Å². The number of benzene rings is 5. The van der Waals surface area contributed by atoms with Gasteiger partial charge in [0.25, 0.3) is 11.8 Å². The Morgan fingerprint density at radius 2 is 1.34 bits per heavy atom. The number of fused-ring (bicyclic) bond motifs is 8. The molecule has 0 aliphatic carbocycles. The molecule has 5 atom stereocenters. The Morgan fingerprint density at radius 3 is 2.04 bits per heavy atom. The molecule has 0 saturated carbocycles. The number of carbonyl (C=O) groups excluding carboxylic acids is 7. The van der Waals surface area contributed by atoms with Crippen molar-refractivity contribution in [2.45, 2.75) is 141 Å². The number of rotatable bonds is 23. The number of aryl methyl sites for hydroxylation is 2. The molecule has 0 bridgehead atoms. The number of nitrogens with zero attached hydrogens (tertiary/aromatic N) is 4. The summed E-state index contributed by atoms with van der Waals surface area (Å²) >= 11 is 1.37. The highest BCUT2D eigenvalue weighted by molar-refractivity contribution is 8.00. The number of carbonyl (C=O) groups is 7. The Labute approximate surface area is 484 Å². The number of unbranched alkanes of at least 4 members (excludes halogenated alkanes) is 1. The average molecular weight is 1130 g/mol. The van der Waals surface area contributed by atoms with Crippen LogP contribution in [0.2, 0.25) is 0 Å². The summed E-state index contributed by atoms with van der Waals surface area (Å²) in [5.74, 6) is 0.467. The number of hydrogen-bond donors (Lipinski definition) is 2. The summed E-state index contributed by atoms with van der Waals surface area (Å²) in [6.45, 7) is 6.89. The van der Waals surface area contributed by atoms with Crippen LogP contribution >= 0.6 is 11.8 Å². The first kappa shape index (κ1) is 57.6. The highest BCUT2D eigenvalue weighted by Gasteiger charge is 2.41. The van der Waals surface area contributed by atoms with Gasteiger partial charge in [0.1, 0.15) is 24.7 Å². The Balaban J connectivity index is 0.779. The molecule has 16 nitrogen and oxygen atoms in total. The molecule has 0 spiro atoms. The minimum Gasteiger partial charge on any atom is -0.493 e. The first-order valence-corrected chi connectivity index (χ1v) is 30.1. The average Bonchev–Trinajstić information content (AvgIpc) is 4.25. The van der Waals surface area contributed by atoms with Crippen LogP contribution in [0.15, 0.2) is 91.0 Å². The Bertz CT molecular complexity index is 3310. The van der Waals surface area contributed by atoms with Gasteiger partial charge in [-0.1, -0.05) is 43.3 Å². The summed E-state index contributed by atoms with van der Waals surface area (Å²) in [6, 6.07) is 29.5. The highest BCUT2D eigenvalue weighted by Crippen LogP contribution is 2.43. The quantitative estimate of drug-likeness (QED) is 0.0467. The number of likely N-dealkylation sites (N-methyl/N-ethyl adjacent to an activating group) is 1. The number of amides is 6. The second-order valence-corrected chi connectivity index (χ2v) is 23.8. The van der Waals surface area contributed by atoms with E-state index in [1.165, 1.54) is 22.2 Å². The van der Waals surface area contributed by atoms with Crippen LogP contribution in [0.5, 0.6) is 17.2 Å². The van der Waals surface area contributed by atoms with Crippen molar-refractivity contribution in [2.75, 3.05) is 53.5 Å². The van der Waals surface area contributed by atoms with Gasteiger partial charge in [0.05, 0.1) is 29.7 Å². The zero-order valence-electron chi connectivity index (χ0n) is 47.8. The van der Waals surface area contributed by atoms with E-state index in [0.717, 1.165) is 70.6 Å². The summed E-state index contributed by atoms with van der Waals surface area (Å²) < 4.78 is 19.1. The van der Waals surface area contributed by atoms with Gasteiger partial charge in [0.2, 0.25) is 23.6 Å². The second-order valence-electron chi connectivity index (χ2n) is 22.8. The number of ether oxygens (including phenoxy) is 3. The highest BCUT2D eigenvalue weighted by atomic mass is 32.2. The number of anilines is 4. The van der Waals surface area contributed by atoms with Crippen molar-refractivity contribution in [1.82, 2.24) is 10.2 Å². The Kier molecular flexibility index (Phi) is 17.7. The summed E-state index contributed by atoms with van der Waals surface area (Å²) in [4.78, 5) is 99.7. The minimum absolute atomic E-state index is 0.0129. The smallest absolute Gasteiger partial charge is 0.260 e. The SMILES string of the molecule is COc1cc2c(cc1OCc1cc(COc3cc4c(cc3C)C(=O)N3c5ccccc5C[C@H]3CC4)cc(NC(=O)[C@H](C)CC[C@H](C)NC(=O)CCCCC(=O)CCCN3C(=O)CC(SC)C3=O)c1)N(C)C[C@@H]1Cc3ccccc3N1C2=O. The van der Waals surface area contributed by atoms with Crippen molar-refractivity contribution < 1.29 is 47.8 Å². The fraction of sp³-hybridized carbons (Fsp3) is 0.431. The lowest BCUT2D eigenvalue weighted by Gasteiger charge is -2.25. The summed E-state index contributed by atoms with van der Waals surface area (Å²) in [7, 11) is 3.55. The van der Waals surface area contributed by atoms with Gasteiger partial charge in [-0.25, -0.2) is 0 Å². The Morgan fingerprint density at radius 1 is 0.695 bits per heavy atom. The number of ketones is 1. The van der Waals surface area contributed by atoms with Gasteiger partial charge >= 0.3 is 0 Å². The maximum Gasteiger partial charge on any atom is 0.260 e. The van der Waals surface area contributed by atoms with Gasteiger partial charge in [0.15, 0.2) is 11.5 Å². The fourth-order valence-electron chi connectivity index (χ4n) is 12.3. The summed E-state index contributed by atoms with van der Waals surface area (Å²) in [5, 5.41) is 5.86. The van der Waals surface area contributed by atoms with Crippen molar-refractivity contribution in [2.24, 2.45) is 5.92 Å². The van der Waals surface area contributed by atoms with Crippen LogP contribution in [0, 0.1) is 12.8 Å². The van der Waals surface area contributed by atoms with Gasteiger partial charge < -0.3 is 39.5 Å². The molecule has 82 heavy (non-hydrogen) atoms. The van der Waals surface area contributed by atoms with Crippen LogP contribution in [0.1, 0.15) is 132 Å². The number of methoxy groups -OCH3 is 1. The van der Waals surface area contributed by atoms with E-state index in [-0.39, 0.29) is 104 Å². The van der Waals surface area contributed by atoms with Crippen molar-refractivity contribution in [1.29, 1.82) is 0 Å². The largest absolute Gasteiger partial charge is 0.493 e. The van der Waals surface area contributed by atoms with E-state index in [1.54, 1.807) is 13.2 Å². The number of likely N-dealkylation sites (tertiary alicyclic amines) is 1. The molecule has 5 aliphatic rings. The number of para-hydroxylation sites is 2. The normalized spacial score (nSPS) is 18.6. The monoisotopic (exact) mass is 1130 g/mol. The molecule has 5 aromatic rings. The van der Waals surface area contributed by atoms with Gasteiger partial charge in [-0.05, 0) is 160 Å². The van der Waals surface area contributed by atoms with E-state index in [0.29, 0.717) is 79.1 Å². The van der Waals surface area contributed by atoms with Crippen LogP contribution in [0.25, 0.3) is 0 Å². The number of thioether (sulfide) groups is 1. The predicted molar refractivity (Wildman–Crippen MR) is 318 cm³/mol. The second kappa shape index (κ2) is 25.2. The summed E-state index contributed by atoms with van der Waals surface area (Å²) in [6.07, 6.45) is 8.74. The van der Waals surface area contributed by atoms with Crippen molar-refractivity contribution >= 4 is 75.7 Å². The third-order valence-electron chi connectivity index (χ3n) is 16.8. The molecule has 0 aromatic heterocycles. The maximum absolute atomic E-state index is 14.3. The summed E-state index contributed by atoms with van der Waals surface area (Å²) in [5.41, 5.74) is 10.1. The third-order valence-corrected chi connectivity index (χ3v) is 17.7. The van der Waals surface area contributed by atoms with Gasteiger partial charge in [-0.15, -0.1) is 0 Å². The minimum atomic E-state index is -0.402. The molecule has 5 heterocycles. The van der Waals surface area contributed by atoms with E-state index in [2.05, 4.69) is 27.7 Å². The van der Waals surface area contributed by atoms with E-state index in [1.807, 2.05) is 117 Å². The van der Waals surface area contributed by atoms with Crippen LogP contribution in [0.4, 0.5) is 22.7 Å². The van der Waals surface area contributed by atoms with Crippen molar-refractivity contribution in [3.8, 4) is 17.2 Å². The van der Waals surface area contributed by atoms with Crippen LogP contribution in [-0.2, 0) is 56.4 Å². The molecular weight excluding hydrogens is 1060 g/mol. The predicted octanol–water partition coefficient (Wildman–Crippen LogP) is 9.96. The van der Waals surface area contributed by atoms with Crippen molar-refractivity contribution in [3.63, 3.8) is 0 Å². The molecule has 430 valence electrons. The lowest BCUT2D eigenvalue weighted by atomic mass is 9.98. The molecule has 2 N–H and O–H groups in total. The van der Waals surface area contributed by atoms with Crippen molar-refractivity contribution in [3.05, 3.63) is 136 Å². The first-order valence-electron chi connectivity index (χ1n) is 28.8. The molecule has 1 unspecified atom stereocenters. The molecule has 17 heteroatoms. The Hall–Kier alpha value is -7.66. The fourth-order valence-corrected chi connectivity index (χ4v) is 13.0. The molecule has 1 fully saturated rings. The molecule has 1 saturated heterocycles. The van der Waals surface area contributed by atoms with Gasteiger partial charge in [0, 0.05) is 92.5 Å². The van der Waals surface area contributed by atoms with Crippen LogP contribution in [-0.4, -0.2) is 103 Å². The topological polar surface area (TPSA) is 184 Å². The molecule has 5 aliphatic heterocycles. The third kappa shape index (κ3) is 12.5. The number of Topliss-reactive ketones (excluding diaryl/α,β-unsaturated/α-hetero) is 1. The lowest BCUT2D eigenvalue weighted by Crippen LogP contribution is -2.41. The van der Waals surface area contributed by atoms with Crippen LogP contribution < -0.4 is 39.5 Å². The zero-order valence-corrected chi connectivity index (χ0v) is 48.7. The standard InChI is InChI=1S/C65H74N6O10S/c1-39(21-22-41(3)66-60(73)20-12-9-16-50(72)17-13-25-69-61(74)35-59(82-6)65(69)78)62(75)67-47-28-42(37-80-56-32-44-23-24-48-30-45-14-7-10-18-53(45)70(48)63(76)51(44)26-40(56)2)27-43(29-47)38-81-58-34-55-52(33-57(58)79-5)64(77)71-49(36-68(55)4)31-46-15-8-11-19-54(46)71/h7-8,10-11,14-15,18-19,26-29,32-34,39,41,48-49,59H,9,12-13,16-17,20-25,30-31,35-38H2,1-6H3,(H,66,73)(H,67,75)/t39-,41+,48-,49+,59?/m1/s1. The van der Waals surface area contributed by atoms with E-state index >= 15 is 0 Å². The van der Waals surface area contributed by atoms with Gasteiger partial charge in [-0.3, -0.25) is 38.5 Å². The van der Waals surface area contributed by atoms with E-state index < -0.39 is 5.92 Å². The number of imide groups is 1. The maximum atomic E-state index is 14.3. The molecule has 5 aromatic carbocycles. The molecule has 0 radical (unpaired) electrons. The molecule has 10 rings (SSSR count). The van der Waals surface area contributed by atoms with E-state index in [9.17, 15) is 33.6 Å².